The number of amides is 3. The Bertz CT molecular complexity index is 1150. The van der Waals surface area contributed by atoms with Crippen LogP contribution in [-0.4, -0.2) is 24.3 Å². The first-order valence-electron chi connectivity index (χ1n) is 11.1. The SMILES string of the molecule is O=C(NCC1CCC(C(=O)NNC(=O)c2cccc3ccccc23)CC1)c1ccc(F)cc1. The smallest absolute Gasteiger partial charge is 0.270 e. The Morgan fingerprint density at radius 1 is 0.788 bits per heavy atom. The molecule has 170 valence electrons. The molecule has 3 aromatic rings. The number of hydrazine groups is 1. The molecule has 0 spiro atoms. The van der Waals surface area contributed by atoms with Gasteiger partial charge in [-0.05, 0) is 72.7 Å². The predicted molar refractivity (Wildman–Crippen MR) is 124 cm³/mol. The van der Waals surface area contributed by atoms with E-state index in [1.54, 1.807) is 6.07 Å². The van der Waals surface area contributed by atoms with E-state index in [1.165, 1.54) is 24.3 Å². The topological polar surface area (TPSA) is 87.3 Å². The molecule has 3 N–H and O–H groups in total. The highest BCUT2D eigenvalue weighted by Crippen LogP contribution is 2.28. The fourth-order valence-electron chi connectivity index (χ4n) is 4.28. The molecule has 0 heterocycles. The Labute approximate surface area is 191 Å². The number of halogens is 1. The maximum absolute atomic E-state index is 13.0. The van der Waals surface area contributed by atoms with Crippen LogP contribution in [0.2, 0.25) is 0 Å². The summed E-state index contributed by atoms with van der Waals surface area (Å²) in [7, 11) is 0. The molecule has 0 radical (unpaired) electrons. The van der Waals surface area contributed by atoms with Gasteiger partial charge in [-0.25, -0.2) is 4.39 Å². The van der Waals surface area contributed by atoms with Crippen LogP contribution >= 0.6 is 0 Å². The summed E-state index contributed by atoms with van der Waals surface area (Å²) >= 11 is 0. The van der Waals surface area contributed by atoms with E-state index in [0.717, 1.165) is 23.6 Å². The van der Waals surface area contributed by atoms with Gasteiger partial charge >= 0.3 is 0 Å². The fraction of sp³-hybridized carbons (Fsp3) is 0.269. The molecule has 0 atom stereocenters. The molecule has 0 saturated heterocycles. The number of nitrogens with one attached hydrogen (secondary N) is 3. The van der Waals surface area contributed by atoms with Crippen molar-refractivity contribution in [1.82, 2.24) is 16.2 Å². The summed E-state index contributed by atoms with van der Waals surface area (Å²) in [6, 6.07) is 18.5. The molecule has 1 fully saturated rings. The molecule has 0 aromatic heterocycles. The third-order valence-electron chi connectivity index (χ3n) is 6.21. The van der Waals surface area contributed by atoms with Crippen LogP contribution in [0.1, 0.15) is 46.4 Å². The number of carbonyl (C=O) groups is 3. The first-order chi connectivity index (χ1) is 16.0. The van der Waals surface area contributed by atoms with Gasteiger partial charge in [-0.15, -0.1) is 0 Å². The van der Waals surface area contributed by atoms with Gasteiger partial charge in [0.2, 0.25) is 5.91 Å². The van der Waals surface area contributed by atoms with Crippen molar-refractivity contribution in [2.24, 2.45) is 11.8 Å². The monoisotopic (exact) mass is 447 g/mol. The quantitative estimate of drug-likeness (QED) is 0.517. The molecule has 33 heavy (non-hydrogen) atoms. The van der Waals surface area contributed by atoms with Crippen molar-refractivity contribution in [3.63, 3.8) is 0 Å². The Morgan fingerprint density at radius 2 is 1.48 bits per heavy atom. The standard InChI is InChI=1S/C26H26FN3O3/c27-21-14-12-19(13-15-21)24(31)28-16-17-8-10-20(11-9-17)25(32)29-30-26(33)23-7-3-5-18-4-1-2-6-22(18)23/h1-7,12-15,17,20H,8-11,16H2,(H,28,31)(H,29,32)(H,30,33). The lowest BCUT2D eigenvalue weighted by Gasteiger charge is -2.28. The van der Waals surface area contributed by atoms with E-state index in [4.69, 9.17) is 0 Å². The normalized spacial score (nSPS) is 17.8. The van der Waals surface area contributed by atoms with Crippen molar-refractivity contribution >= 4 is 28.5 Å². The van der Waals surface area contributed by atoms with Crippen molar-refractivity contribution in [1.29, 1.82) is 0 Å². The highest BCUT2D eigenvalue weighted by molar-refractivity contribution is 6.07. The highest BCUT2D eigenvalue weighted by atomic mass is 19.1. The average molecular weight is 448 g/mol. The lowest BCUT2D eigenvalue weighted by molar-refractivity contribution is -0.127. The van der Waals surface area contributed by atoms with E-state index in [1.807, 2.05) is 36.4 Å². The van der Waals surface area contributed by atoms with Gasteiger partial charge < -0.3 is 5.32 Å². The zero-order chi connectivity index (χ0) is 23.2. The van der Waals surface area contributed by atoms with Crippen molar-refractivity contribution in [2.45, 2.75) is 25.7 Å². The van der Waals surface area contributed by atoms with Crippen molar-refractivity contribution < 1.29 is 18.8 Å². The molecule has 4 rings (SSSR count). The van der Waals surface area contributed by atoms with Gasteiger partial charge in [0.05, 0.1) is 0 Å². The molecule has 1 aliphatic rings. The Balaban J connectivity index is 1.22. The molecule has 1 saturated carbocycles. The van der Waals surface area contributed by atoms with Crippen molar-refractivity contribution in [3.8, 4) is 0 Å². The molecule has 0 bridgehead atoms. The third kappa shape index (κ3) is 5.55. The maximum atomic E-state index is 13.0. The van der Waals surface area contributed by atoms with Gasteiger partial charge in [0, 0.05) is 23.6 Å². The van der Waals surface area contributed by atoms with Crippen LogP contribution in [0.5, 0.6) is 0 Å². The van der Waals surface area contributed by atoms with Crippen LogP contribution in [0.25, 0.3) is 10.8 Å². The average Bonchev–Trinajstić information content (AvgIpc) is 2.86. The Hall–Kier alpha value is -3.74. The van der Waals surface area contributed by atoms with Gasteiger partial charge in [0.25, 0.3) is 11.8 Å². The van der Waals surface area contributed by atoms with E-state index >= 15 is 0 Å². The summed E-state index contributed by atoms with van der Waals surface area (Å²) in [6.45, 7) is 0.516. The summed E-state index contributed by atoms with van der Waals surface area (Å²) in [5, 5.41) is 4.67. The molecular weight excluding hydrogens is 421 g/mol. The van der Waals surface area contributed by atoms with Crippen molar-refractivity contribution in [3.05, 3.63) is 83.7 Å². The minimum atomic E-state index is -0.378. The second kappa shape index (κ2) is 10.3. The molecule has 3 aromatic carbocycles. The maximum Gasteiger partial charge on any atom is 0.270 e. The van der Waals surface area contributed by atoms with Gasteiger partial charge in [-0.2, -0.15) is 0 Å². The van der Waals surface area contributed by atoms with Crippen LogP contribution in [0, 0.1) is 17.7 Å². The largest absolute Gasteiger partial charge is 0.352 e. The molecule has 6 nitrogen and oxygen atoms in total. The van der Waals surface area contributed by atoms with Crippen LogP contribution in [0.4, 0.5) is 4.39 Å². The van der Waals surface area contributed by atoms with E-state index in [0.29, 0.717) is 30.5 Å². The minimum Gasteiger partial charge on any atom is -0.352 e. The first kappa shape index (κ1) is 22.5. The Kier molecular flexibility index (Phi) is 6.98. The molecular formula is C26H26FN3O3. The number of hydrogen-bond acceptors (Lipinski definition) is 3. The number of benzene rings is 3. The molecule has 7 heteroatoms. The fourth-order valence-corrected chi connectivity index (χ4v) is 4.28. The zero-order valence-corrected chi connectivity index (χ0v) is 18.1. The number of hydrogen-bond donors (Lipinski definition) is 3. The number of carbonyl (C=O) groups excluding carboxylic acids is 3. The minimum absolute atomic E-state index is 0.179. The molecule has 0 aliphatic heterocycles. The predicted octanol–water partition coefficient (Wildman–Crippen LogP) is 3.98. The van der Waals surface area contributed by atoms with E-state index in [-0.39, 0.29) is 35.4 Å². The van der Waals surface area contributed by atoms with Crippen LogP contribution in [0.3, 0.4) is 0 Å². The second-order valence-corrected chi connectivity index (χ2v) is 8.40. The van der Waals surface area contributed by atoms with Crippen LogP contribution in [0.15, 0.2) is 66.7 Å². The summed E-state index contributed by atoms with van der Waals surface area (Å²) < 4.78 is 13.0. The molecule has 1 aliphatic carbocycles. The number of fused-ring (bicyclic) bond motifs is 1. The zero-order valence-electron chi connectivity index (χ0n) is 18.1. The van der Waals surface area contributed by atoms with Crippen LogP contribution < -0.4 is 16.2 Å². The van der Waals surface area contributed by atoms with Gasteiger partial charge in [-0.1, -0.05) is 36.4 Å². The van der Waals surface area contributed by atoms with Gasteiger partial charge in [0.1, 0.15) is 5.82 Å². The summed E-state index contributed by atoms with van der Waals surface area (Å²) in [5.41, 5.74) is 6.04. The van der Waals surface area contributed by atoms with E-state index in [2.05, 4.69) is 16.2 Å². The highest BCUT2D eigenvalue weighted by Gasteiger charge is 2.27. The molecule has 0 unspecified atom stereocenters. The molecule has 3 amide bonds. The van der Waals surface area contributed by atoms with E-state index in [9.17, 15) is 18.8 Å². The van der Waals surface area contributed by atoms with Crippen molar-refractivity contribution in [2.75, 3.05) is 6.54 Å². The van der Waals surface area contributed by atoms with Crippen LogP contribution in [-0.2, 0) is 4.79 Å². The lowest BCUT2D eigenvalue weighted by Crippen LogP contribution is -2.45. The van der Waals surface area contributed by atoms with Gasteiger partial charge in [0.15, 0.2) is 0 Å². The summed E-state index contributed by atoms with van der Waals surface area (Å²) in [6.07, 6.45) is 2.98. The summed E-state index contributed by atoms with van der Waals surface area (Å²) in [4.78, 5) is 37.3. The Morgan fingerprint density at radius 3 is 2.24 bits per heavy atom. The summed E-state index contributed by atoms with van der Waals surface area (Å²) in [5.74, 6) is -1.05. The third-order valence-corrected chi connectivity index (χ3v) is 6.21. The van der Waals surface area contributed by atoms with E-state index < -0.39 is 0 Å². The first-order valence-corrected chi connectivity index (χ1v) is 11.1. The second-order valence-electron chi connectivity index (χ2n) is 8.40. The number of rotatable bonds is 5. The van der Waals surface area contributed by atoms with Gasteiger partial charge in [-0.3, -0.25) is 25.2 Å². The lowest BCUT2D eigenvalue weighted by atomic mass is 9.81.